The average molecular weight is 357 g/mol. The Kier molecular flexibility index (Phi) is 3.62. The van der Waals surface area contributed by atoms with E-state index in [1.807, 2.05) is 6.92 Å². The summed E-state index contributed by atoms with van der Waals surface area (Å²) in [6.45, 7) is 6.26. The van der Waals surface area contributed by atoms with E-state index in [0.717, 1.165) is 30.1 Å². The first kappa shape index (κ1) is 17.3. The molecule has 6 heteroatoms. The molecular formula is C20H27N3O3. The second kappa shape index (κ2) is 5.44. The summed E-state index contributed by atoms with van der Waals surface area (Å²) in [5, 5.41) is 0. The number of H-pyrrole nitrogens is 1. The molecule has 2 bridgehead atoms. The van der Waals surface area contributed by atoms with E-state index < -0.39 is 5.54 Å². The summed E-state index contributed by atoms with van der Waals surface area (Å²) >= 11 is 0. The zero-order valence-corrected chi connectivity index (χ0v) is 15.9. The van der Waals surface area contributed by atoms with Gasteiger partial charge in [-0.05, 0) is 61.5 Å². The van der Waals surface area contributed by atoms with E-state index in [9.17, 15) is 14.4 Å². The lowest BCUT2D eigenvalue weighted by atomic mass is 9.43. The lowest BCUT2D eigenvalue weighted by molar-refractivity contribution is -0.157. The zero-order valence-electron chi connectivity index (χ0n) is 15.9. The van der Waals surface area contributed by atoms with Gasteiger partial charge in [-0.1, -0.05) is 13.8 Å². The number of nitrogens with zero attached hydrogens (tertiary/aromatic N) is 2. The molecule has 4 atom stereocenters. The monoisotopic (exact) mass is 357 g/mol. The first-order valence-electron chi connectivity index (χ1n) is 9.45. The number of Topliss-reactive ketones (excluding diaryl/α,β-unsaturated/α-hetero) is 1. The van der Waals surface area contributed by atoms with Crippen LogP contribution in [0.2, 0.25) is 0 Å². The third-order valence-electron chi connectivity index (χ3n) is 7.67. The number of fused-ring (bicyclic) bond motifs is 2. The number of urea groups is 1. The van der Waals surface area contributed by atoms with Crippen molar-refractivity contribution >= 4 is 17.7 Å². The molecule has 6 nitrogen and oxygen atoms in total. The topological polar surface area (TPSA) is 73.5 Å². The third kappa shape index (κ3) is 2.07. The van der Waals surface area contributed by atoms with Crippen molar-refractivity contribution in [3.05, 3.63) is 24.0 Å². The van der Waals surface area contributed by atoms with Crippen LogP contribution >= 0.6 is 0 Å². The van der Waals surface area contributed by atoms with Crippen molar-refractivity contribution in [2.45, 2.75) is 45.6 Å². The molecule has 140 valence electrons. The Morgan fingerprint density at radius 1 is 1.23 bits per heavy atom. The third-order valence-corrected chi connectivity index (χ3v) is 7.67. The van der Waals surface area contributed by atoms with Crippen LogP contribution in [0, 0.1) is 23.2 Å². The van der Waals surface area contributed by atoms with Gasteiger partial charge >= 0.3 is 6.03 Å². The van der Waals surface area contributed by atoms with Gasteiger partial charge in [-0.25, -0.2) is 4.79 Å². The van der Waals surface area contributed by atoms with Crippen LogP contribution in [0.15, 0.2) is 18.3 Å². The van der Waals surface area contributed by atoms with Crippen LogP contribution in [0.5, 0.6) is 0 Å². The summed E-state index contributed by atoms with van der Waals surface area (Å²) in [5.41, 5.74) is -0.216. The van der Waals surface area contributed by atoms with Crippen molar-refractivity contribution < 1.29 is 14.4 Å². The number of ketones is 1. The lowest BCUT2D eigenvalue weighted by Gasteiger charge is -2.63. The van der Waals surface area contributed by atoms with Crippen LogP contribution in [-0.2, 0) is 4.79 Å². The van der Waals surface area contributed by atoms with Crippen LogP contribution in [0.4, 0.5) is 4.79 Å². The van der Waals surface area contributed by atoms with Gasteiger partial charge in [-0.15, -0.1) is 0 Å². The summed E-state index contributed by atoms with van der Waals surface area (Å²) in [6.07, 6.45) is 4.88. The maximum absolute atomic E-state index is 13.3. The molecule has 5 rings (SSSR count). The van der Waals surface area contributed by atoms with Crippen LogP contribution in [0.3, 0.4) is 0 Å². The maximum Gasteiger partial charge on any atom is 0.327 e. The minimum absolute atomic E-state index is 0.148. The molecule has 3 saturated carbocycles. The molecule has 3 amide bonds. The van der Waals surface area contributed by atoms with Crippen LogP contribution in [-0.4, -0.2) is 51.6 Å². The number of hydrogen-bond acceptors (Lipinski definition) is 3. The molecular weight excluding hydrogens is 330 g/mol. The fraction of sp³-hybridized carbons (Fsp3) is 0.650. The molecule has 1 aromatic heterocycles. The fourth-order valence-electron chi connectivity index (χ4n) is 5.65. The Labute approximate surface area is 153 Å². The van der Waals surface area contributed by atoms with E-state index in [-0.39, 0.29) is 35.6 Å². The van der Waals surface area contributed by atoms with Crippen molar-refractivity contribution in [3.63, 3.8) is 0 Å². The second-order valence-corrected chi connectivity index (χ2v) is 8.93. The fourth-order valence-corrected chi connectivity index (χ4v) is 5.65. The number of rotatable bonds is 4. The maximum atomic E-state index is 13.3. The Balaban J connectivity index is 1.60. The highest BCUT2D eigenvalue weighted by atomic mass is 16.2. The number of carbonyl (C=O) groups excluding carboxylic acids is 3. The van der Waals surface area contributed by atoms with E-state index in [0.29, 0.717) is 11.6 Å². The summed E-state index contributed by atoms with van der Waals surface area (Å²) in [7, 11) is 1.71. The lowest BCUT2D eigenvalue weighted by Crippen LogP contribution is -2.63. The van der Waals surface area contributed by atoms with Crippen LogP contribution < -0.4 is 0 Å². The molecule has 1 saturated heterocycles. The van der Waals surface area contributed by atoms with E-state index >= 15 is 0 Å². The largest absolute Gasteiger partial charge is 0.359 e. The Hall–Kier alpha value is -2.11. The van der Waals surface area contributed by atoms with Crippen molar-refractivity contribution in [2.24, 2.45) is 23.2 Å². The van der Waals surface area contributed by atoms with Gasteiger partial charge in [0.05, 0.1) is 12.2 Å². The molecule has 4 aliphatic rings. The summed E-state index contributed by atoms with van der Waals surface area (Å²) < 4.78 is 0. The van der Waals surface area contributed by atoms with Gasteiger partial charge in [-0.2, -0.15) is 0 Å². The smallest absolute Gasteiger partial charge is 0.327 e. The van der Waals surface area contributed by atoms with E-state index in [1.165, 1.54) is 0 Å². The van der Waals surface area contributed by atoms with Gasteiger partial charge in [0.15, 0.2) is 5.78 Å². The quantitative estimate of drug-likeness (QED) is 0.665. The normalized spacial score (nSPS) is 35.6. The summed E-state index contributed by atoms with van der Waals surface area (Å²) in [4.78, 5) is 44.1. The van der Waals surface area contributed by atoms with Gasteiger partial charge in [0.25, 0.3) is 5.91 Å². The SMILES string of the molecule is CN1C(=O)N(CC(=O)c2ccc[nH]2)C(=O)C1(C)[C@H]1CC[C@H]2C[C@H]1C2(C)C. The van der Waals surface area contributed by atoms with Gasteiger partial charge in [0.1, 0.15) is 5.54 Å². The number of likely N-dealkylation sites (N-methyl/N-ethyl adjacent to an activating group) is 1. The molecule has 1 aromatic rings. The predicted molar refractivity (Wildman–Crippen MR) is 96.5 cm³/mol. The van der Waals surface area contributed by atoms with Gasteiger partial charge in [-0.3, -0.25) is 14.5 Å². The number of imide groups is 1. The Morgan fingerprint density at radius 3 is 2.54 bits per heavy atom. The highest BCUT2D eigenvalue weighted by Crippen LogP contribution is 2.64. The van der Waals surface area contributed by atoms with Crippen molar-refractivity contribution in [2.75, 3.05) is 13.6 Å². The molecule has 0 radical (unpaired) electrons. The van der Waals surface area contributed by atoms with Gasteiger partial charge in [0.2, 0.25) is 0 Å². The molecule has 2 heterocycles. The minimum atomic E-state index is -0.861. The highest BCUT2D eigenvalue weighted by molar-refractivity contribution is 6.10. The molecule has 3 aliphatic carbocycles. The van der Waals surface area contributed by atoms with E-state index in [2.05, 4.69) is 18.8 Å². The minimum Gasteiger partial charge on any atom is -0.359 e. The number of amides is 3. The van der Waals surface area contributed by atoms with E-state index in [1.54, 1.807) is 30.3 Å². The number of nitrogens with one attached hydrogen (secondary N) is 1. The Morgan fingerprint density at radius 2 is 1.96 bits per heavy atom. The first-order valence-corrected chi connectivity index (χ1v) is 9.45. The molecule has 1 unspecified atom stereocenters. The van der Waals surface area contributed by atoms with Crippen molar-refractivity contribution in [3.8, 4) is 0 Å². The van der Waals surface area contributed by atoms with Crippen LogP contribution in [0.25, 0.3) is 0 Å². The van der Waals surface area contributed by atoms with Crippen LogP contribution in [0.1, 0.15) is 50.5 Å². The summed E-state index contributed by atoms with van der Waals surface area (Å²) in [5.74, 6) is 0.854. The standard InChI is InChI=1S/C20H27N3O3/c1-19(2)12-7-8-13(14(19)10-12)20(3)17(25)23(18(26)22(20)4)11-16(24)15-6-5-9-21-15/h5-6,9,12-14,21H,7-8,10-11H2,1-4H3/t12-,13-,14+,20?/m0/s1. The average Bonchev–Trinajstić information content (AvgIpc) is 3.22. The summed E-state index contributed by atoms with van der Waals surface area (Å²) in [6, 6.07) is 3.03. The molecule has 0 spiro atoms. The second-order valence-electron chi connectivity index (χ2n) is 8.93. The van der Waals surface area contributed by atoms with Crippen molar-refractivity contribution in [1.29, 1.82) is 0 Å². The molecule has 0 aromatic carbocycles. The van der Waals surface area contributed by atoms with Gasteiger partial charge in [0, 0.05) is 13.2 Å². The molecule has 26 heavy (non-hydrogen) atoms. The molecule has 4 fully saturated rings. The zero-order chi connectivity index (χ0) is 18.9. The predicted octanol–water partition coefficient (Wildman–Crippen LogP) is 2.92. The first-order chi connectivity index (χ1) is 12.2. The van der Waals surface area contributed by atoms with Crippen molar-refractivity contribution in [1.82, 2.24) is 14.8 Å². The number of aromatic amines is 1. The van der Waals surface area contributed by atoms with Gasteiger partial charge < -0.3 is 9.88 Å². The number of hydrogen-bond donors (Lipinski definition) is 1. The van der Waals surface area contributed by atoms with E-state index in [4.69, 9.17) is 0 Å². The number of carbonyl (C=O) groups is 3. The number of aromatic nitrogens is 1. The highest BCUT2D eigenvalue weighted by Gasteiger charge is 2.65. The molecule has 1 N–H and O–H groups in total. The Bertz CT molecular complexity index is 767. The molecule has 1 aliphatic heterocycles.